The minimum atomic E-state index is -0.222. The number of rotatable bonds is 3. The van der Waals surface area contributed by atoms with Gasteiger partial charge in [-0.3, -0.25) is 4.98 Å². The summed E-state index contributed by atoms with van der Waals surface area (Å²) in [5, 5.41) is 5.50. The second kappa shape index (κ2) is 5.65. The van der Waals surface area contributed by atoms with E-state index >= 15 is 0 Å². The second-order valence-electron chi connectivity index (χ2n) is 3.53. The lowest BCUT2D eigenvalue weighted by Crippen LogP contribution is -2.28. The van der Waals surface area contributed by atoms with E-state index in [1.165, 1.54) is 0 Å². The molecule has 1 aromatic carbocycles. The van der Waals surface area contributed by atoms with Crippen molar-refractivity contribution in [2.75, 3.05) is 5.32 Å². The van der Waals surface area contributed by atoms with Gasteiger partial charge in [-0.25, -0.2) is 4.79 Å². The van der Waals surface area contributed by atoms with Crippen molar-refractivity contribution in [3.8, 4) is 0 Å². The Labute approximate surface area is 99.7 Å². The first-order valence-electron chi connectivity index (χ1n) is 5.33. The lowest BCUT2D eigenvalue weighted by Gasteiger charge is -2.07. The molecule has 0 radical (unpaired) electrons. The molecule has 1 aromatic heterocycles. The predicted octanol–water partition coefficient (Wildman–Crippen LogP) is 2.40. The zero-order chi connectivity index (χ0) is 11.9. The summed E-state index contributed by atoms with van der Waals surface area (Å²) in [5.74, 6) is 0. The third kappa shape index (κ3) is 3.61. The number of anilines is 1. The van der Waals surface area contributed by atoms with E-state index in [0.29, 0.717) is 6.54 Å². The van der Waals surface area contributed by atoms with Gasteiger partial charge in [0.15, 0.2) is 0 Å². The highest BCUT2D eigenvalue weighted by Gasteiger charge is 2.00. The van der Waals surface area contributed by atoms with Crippen molar-refractivity contribution in [3.63, 3.8) is 0 Å². The summed E-state index contributed by atoms with van der Waals surface area (Å²) in [6.07, 6.45) is 3.26. The first kappa shape index (κ1) is 11.1. The Bertz CT molecular complexity index is 471. The molecular weight excluding hydrogens is 214 g/mol. The molecule has 2 aromatic rings. The molecule has 86 valence electrons. The van der Waals surface area contributed by atoms with Gasteiger partial charge < -0.3 is 10.6 Å². The van der Waals surface area contributed by atoms with Crippen molar-refractivity contribution in [3.05, 3.63) is 60.4 Å². The largest absolute Gasteiger partial charge is 0.334 e. The summed E-state index contributed by atoms with van der Waals surface area (Å²) in [5.41, 5.74) is 1.79. The number of carbonyl (C=O) groups is 1. The van der Waals surface area contributed by atoms with E-state index in [1.807, 2.05) is 30.3 Å². The molecule has 2 rings (SSSR count). The number of urea groups is 1. The van der Waals surface area contributed by atoms with Crippen molar-refractivity contribution in [2.24, 2.45) is 0 Å². The van der Waals surface area contributed by atoms with Crippen LogP contribution < -0.4 is 10.6 Å². The van der Waals surface area contributed by atoms with Crippen molar-refractivity contribution >= 4 is 11.7 Å². The van der Waals surface area contributed by atoms with Crippen LogP contribution in [0.5, 0.6) is 0 Å². The van der Waals surface area contributed by atoms with Crippen LogP contribution in [0.2, 0.25) is 0 Å². The third-order valence-corrected chi connectivity index (χ3v) is 2.23. The van der Waals surface area contributed by atoms with Crippen molar-refractivity contribution in [1.29, 1.82) is 0 Å². The number of hydrogen-bond donors (Lipinski definition) is 2. The van der Waals surface area contributed by atoms with Gasteiger partial charge in [-0.15, -0.1) is 0 Å². The fourth-order valence-electron chi connectivity index (χ4n) is 1.39. The number of amides is 2. The monoisotopic (exact) mass is 227 g/mol. The van der Waals surface area contributed by atoms with E-state index in [2.05, 4.69) is 15.6 Å². The highest BCUT2D eigenvalue weighted by atomic mass is 16.2. The number of hydrogen-bond acceptors (Lipinski definition) is 2. The Balaban J connectivity index is 1.83. The van der Waals surface area contributed by atoms with Crippen LogP contribution in [0, 0.1) is 0 Å². The zero-order valence-electron chi connectivity index (χ0n) is 9.26. The lowest BCUT2D eigenvalue weighted by atomic mass is 10.2. The molecule has 0 aliphatic heterocycles. The minimum absolute atomic E-state index is 0.222. The summed E-state index contributed by atoms with van der Waals surface area (Å²) in [6.45, 7) is 0.512. The average molecular weight is 227 g/mol. The van der Waals surface area contributed by atoms with Crippen LogP contribution in [0.1, 0.15) is 5.56 Å². The maximum Gasteiger partial charge on any atom is 0.319 e. The summed E-state index contributed by atoms with van der Waals surface area (Å²) >= 11 is 0. The standard InChI is InChI=1S/C13H13N3O/c17-13(16-12-6-8-14-9-7-12)15-10-11-4-2-1-3-5-11/h1-9H,10H2,(H2,14,15,16,17). The Morgan fingerprint density at radius 3 is 2.47 bits per heavy atom. The van der Waals surface area contributed by atoms with Gasteiger partial charge in [0, 0.05) is 24.6 Å². The molecule has 1 heterocycles. The van der Waals surface area contributed by atoms with Crippen molar-refractivity contribution < 1.29 is 4.79 Å². The van der Waals surface area contributed by atoms with Gasteiger partial charge in [0.2, 0.25) is 0 Å². The molecule has 0 bridgehead atoms. The maximum atomic E-state index is 11.5. The number of aromatic nitrogens is 1. The van der Waals surface area contributed by atoms with E-state index < -0.39 is 0 Å². The van der Waals surface area contributed by atoms with Crippen LogP contribution >= 0.6 is 0 Å². The van der Waals surface area contributed by atoms with E-state index in [1.54, 1.807) is 24.5 Å². The molecule has 2 N–H and O–H groups in total. The lowest BCUT2D eigenvalue weighted by molar-refractivity contribution is 0.251. The number of benzene rings is 1. The van der Waals surface area contributed by atoms with Gasteiger partial charge in [-0.1, -0.05) is 30.3 Å². The molecule has 0 saturated carbocycles. The molecule has 4 heteroatoms. The highest BCUT2D eigenvalue weighted by Crippen LogP contribution is 2.03. The molecule has 4 nitrogen and oxygen atoms in total. The summed E-state index contributed by atoms with van der Waals surface area (Å²) < 4.78 is 0. The number of carbonyl (C=O) groups excluding carboxylic acids is 1. The molecule has 0 saturated heterocycles. The van der Waals surface area contributed by atoms with E-state index in [0.717, 1.165) is 11.3 Å². The molecule has 0 spiro atoms. The van der Waals surface area contributed by atoms with Crippen LogP contribution in [0.15, 0.2) is 54.9 Å². The van der Waals surface area contributed by atoms with Gasteiger partial charge in [-0.05, 0) is 17.7 Å². The van der Waals surface area contributed by atoms with Crippen LogP contribution in [-0.2, 0) is 6.54 Å². The average Bonchev–Trinajstić information content (AvgIpc) is 2.39. The zero-order valence-corrected chi connectivity index (χ0v) is 9.26. The quantitative estimate of drug-likeness (QED) is 0.846. The van der Waals surface area contributed by atoms with E-state index in [9.17, 15) is 4.79 Å². The van der Waals surface area contributed by atoms with Gasteiger partial charge in [-0.2, -0.15) is 0 Å². The first-order chi connectivity index (χ1) is 8.34. The van der Waals surface area contributed by atoms with Crippen LogP contribution in [0.25, 0.3) is 0 Å². The number of nitrogens with zero attached hydrogens (tertiary/aromatic N) is 1. The fourth-order valence-corrected chi connectivity index (χ4v) is 1.39. The Hall–Kier alpha value is -2.36. The fraction of sp³-hybridized carbons (Fsp3) is 0.0769. The van der Waals surface area contributed by atoms with E-state index in [-0.39, 0.29) is 6.03 Å². The molecule has 2 amide bonds. The predicted molar refractivity (Wildman–Crippen MR) is 66.5 cm³/mol. The molecule has 0 aliphatic rings. The van der Waals surface area contributed by atoms with Gasteiger partial charge >= 0.3 is 6.03 Å². The van der Waals surface area contributed by atoms with Crippen LogP contribution in [-0.4, -0.2) is 11.0 Å². The van der Waals surface area contributed by atoms with Crippen LogP contribution in [0.3, 0.4) is 0 Å². The first-order valence-corrected chi connectivity index (χ1v) is 5.33. The molecule has 17 heavy (non-hydrogen) atoms. The minimum Gasteiger partial charge on any atom is -0.334 e. The normalized spacial score (nSPS) is 9.65. The third-order valence-electron chi connectivity index (χ3n) is 2.23. The molecule has 0 unspecified atom stereocenters. The van der Waals surface area contributed by atoms with Crippen molar-refractivity contribution in [2.45, 2.75) is 6.54 Å². The maximum absolute atomic E-state index is 11.5. The molecular formula is C13H13N3O. The number of pyridine rings is 1. The molecule has 0 aliphatic carbocycles. The Morgan fingerprint density at radius 1 is 1.06 bits per heavy atom. The van der Waals surface area contributed by atoms with E-state index in [4.69, 9.17) is 0 Å². The smallest absolute Gasteiger partial charge is 0.319 e. The van der Waals surface area contributed by atoms with Crippen LogP contribution in [0.4, 0.5) is 10.5 Å². The summed E-state index contributed by atoms with van der Waals surface area (Å²) in [4.78, 5) is 15.4. The highest BCUT2D eigenvalue weighted by molar-refractivity contribution is 5.88. The molecule has 0 atom stereocenters. The Morgan fingerprint density at radius 2 is 1.76 bits per heavy atom. The summed E-state index contributed by atoms with van der Waals surface area (Å²) in [7, 11) is 0. The Kier molecular flexibility index (Phi) is 3.70. The molecule has 0 fully saturated rings. The van der Waals surface area contributed by atoms with Gasteiger partial charge in [0.05, 0.1) is 0 Å². The number of nitrogens with one attached hydrogen (secondary N) is 2. The topological polar surface area (TPSA) is 54.0 Å². The van der Waals surface area contributed by atoms with Crippen molar-refractivity contribution in [1.82, 2.24) is 10.3 Å². The SMILES string of the molecule is O=C(NCc1ccccc1)Nc1ccncc1. The summed E-state index contributed by atoms with van der Waals surface area (Å²) in [6, 6.07) is 13.0. The van der Waals surface area contributed by atoms with Gasteiger partial charge in [0.25, 0.3) is 0 Å². The second-order valence-corrected chi connectivity index (χ2v) is 3.53. The van der Waals surface area contributed by atoms with Gasteiger partial charge in [0.1, 0.15) is 0 Å².